The molecular weight excluding hydrogens is 464 g/mol. The standard InChI is InChI=1S/C27H30N2O7/c1-3-35-26(32)20-14-16-29(17-15-20)25(31)18-36-27(33)22-6-4-5-7-23(22)28-24(30)13-10-19-8-11-21(34-2)12-9-19/h4-13,20H,3,14-18H2,1-2H3,(H,28,30). The van der Waals surface area contributed by atoms with Crippen molar-refractivity contribution in [3.63, 3.8) is 0 Å². The molecule has 0 radical (unpaired) electrons. The summed E-state index contributed by atoms with van der Waals surface area (Å²) in [5.41, 5.74) is 1.22. The minimum Gasteiger partial charge on any atom is -0.497 e. The molecule has 1 heterocycles. The van der Waals surface area contributed by atoms with Crippen molar-refractivity contribution in [1.82, 2.24) is 4.90 Å². The first-order valence-electron chi connectivity index (χ1n) is 11.7. The van der Waals surface area contributed by atoms with Gasteiger partial charge in [-0.05, 0) is 55.7 Å². The van der Waals surface area contributed by atoms with E-state index in [1.807, 2.05) is 12.1 Å². The summed E-state index contributed by atoms with van der Waals surface area (Å²) < 4.78 is 15.4. The molecule has 36 heavy (non-hydrogen) atoms. The number of nitrogens with one attached hydrogen (secondary N) is 1. The fraction of sp³-hybridized carbons (Fsp3) is 0.333. The van der Waals surface area contributed by atoms with Crippen molar-refractivity contribution in [2.45, 2.75) is 19.8 Å². The van der Waals surface area contributed by atoms with Gasteiger partial charge in [0, 0.05) is 19.2 Å². The molecule has 9 heteroatoms. The Hall–Kier alpha value is -4.14. The van der Waals surface area contributed by atoms with Crippen molar-refractivity contribution < 1.29 is 33.4 Å². The van der Waals surface area contributed by atoms with Crippen LogP contribution in [0, 0.1) is 5.92 Å². The number of anilines is 1. The molecule has 0 unspecified atom stereocenters. The molecule has 0 saturated carbocycles. The summed E-state index contributed by atoms with van der Waals surface area (Å²) in [5.74, 6) is -1.23. The Morgan fingerprint density at radius 2 is 1.69 bits per heavy atom. The number of benzene rings is 2. The molecule has 1 fully saturated rings. The second-order valence-electron chi connectivity index (χ2n) is 8.12. The van der Waals surface area contributed by atoms with Gasteiger partial charge in [0.25, 0.3) is 5.91 Å². The number of carbonyl (C=O) groups is 4. The largest absolute Gasteiger partial charge is 0.497 e. The Morgan fingerprint density at radius 3 is 2.36 bits per heavy atom. The average Bonchev–Trinajstić information content (AvgIpc) is 2.91. The number of hydrogen-bond acceptors (Lipinski definition) is 7. The van der Waals surface area contributed by atoms with Crippen LogP contribution in [0.15, 0.2) is 54.6 Å². The molecule has 0 aromatic heterocycles. The van der Waals surface area contributed by atoms with Gasteiger partial charge in [-0.25, -0.2) is 4.79 Å². The van der Waals surface area contributed by atoms with E-state index in [0.29, 0.717) is 38.3 Å². The Kier molecular flexibility index (Phi) is 9.62. The zero-order valence-electron chi connectivity index (χ0n) is 20.4. The zero-order chi connectivity index (χ0) is 25.9. The van der Waals surface area contributed by atoms with Gasteiger partial charge in [-0.2, -0.15) is 0 Å². The lowest BCUT2D eigenvalue weighted by molar-refractivity contribution is -0.151. The van der Waals surface area contributed by atoms with E-state index in [2.05, 4.69) is 5.32 Å². The van der Waals surface area contributed by atoms with E-state index in [1.165, 1.54) is 12.1 Å². The van der Waals surface area contributed by atoms with Crippen LogP contribution in [0.5, 0.6) is 5.75 Å². The zero-order valence-corrected chi connectivity index (χ0v) is 20.4. The Labute approximate surface area is 210 Å². The van der Waals surface area contributed by atoms with Gasteiger partial charge in [-0.3, -0.25) is 14.4 Å². The van der Waals surface area contributed by atoms with Crippen molar-refractivity contribution in [2.75, 3.05) is 38.7 Å². The highest BCUT2D eigenvalue weighted by Crippen LogP contribution is 2.20. The number of carbonyl (C=O) groups excluding carboxylic acids is 4. The van der Waals surface area contributed by atoms with Crippen LogP contribution in [0.4, 0.5) is 5.69 Å². The number of nitrogens with zero attached hydrogens (tertiary/aromatic N) is 1. The van der Waals surface area contributed by atoms with Crippen molar-refractivity contribution in [3.05, 3.63) is 65.7 Å². The third-order valence-corrected chi connectivity index (χ3v) is 5.74. The molecule has 0 spiro atoms. The molecule has 1 aliphatic rings. The molecule has 0 atom stereocenters. The van der Waals surface area contributed by atoms with Crippen LogP contribution in [0.1, 0.15) is 35.7 Å². The van der Waals surface area contributed by atoms with Crippen molar-refractivity contribution >= 4 is 35.5 Å². The molecule has 2 amide bonds. The van der Waals surface area contributed by atoms with Gasteiger partial charge in [0.15, 0.2) is 6.61 Å². The molecular formula is C27H30N2O7. The first-order valence-corrected chi connectivity index (χ1v) is 11.7. The molecule has 190 valence electrons. The van der Waals surface area contributed by atoms with Gasteiger partial charge in [0.05, 0.1) is 30.9 Å². The fourth-order valence-electron chi connectivity index (χ4n) is 3.75. The maximum Gasteiger partial charge on any atom is 0.340 e. The van der Waals surface area contributed by atoms with Gasteiger partial charge in [-0.15, -0.1) is 0 Å². The third-order valence-electron chi connectivity index (χ3n) is 5.74. The minimum absolute atomic E-state index is 0.137. The summed E-state index contributed by atoms with van der Waals surface area (Å²) in [4.78, 5) is 51.0. The summed E-state index contributed by atoms with van der Waals surface area (Å²) in [6.45, 7) is 2.45. The Bertz CT molecular complexity index is 1100. The van der Waals surface area contributed by atoms with E-state index in [9.17, 15) is 19.2 Å². The minimum atomic E-state index is -0.722. The number of methoxy groups -OCH3 is 1. The summed E-state index contributed by atoms with van der Waals surface area (Å²) in [7, 11) is 1.58. The summed E-state index contributed by atoms with van der Waals surface area (Å²) in [6, 6.07) is 13.6. The second kappa shape index (κ2) is 13.1. The van der Waals surface area contributed by atoms with Gasteiger partial charge < -0.3 is 24.4 Å². The lowest BCUT2D eigenvalue weighted by Gasteiger charge is -2.30. The molecule has 3 rings (SSSR count). The fourth-order valence-corrected chi connectivity index (χ4v) is 3.75. The van der Waals surface area contributed by atoms with Gasteiger partial charge in [-0.1, -0.05) is 24.3 Å². The van der Waals surface area contributed by atoms with Crippen LogP contribution >= 0.6 is 0 Å². The van der Waals surface area contributed by atoms with Crippen LogP contribution in [-0.4, -0.2) is 62.1 Å². The first-order chi connectivity index (χ1) is 17.4. The predicted octanol–water partition coefficient (Wildman–Crippen LogP) is 3.31. The normalized spacial score (nSPS) is 13.8. The second-order valence-corrected chi connectivity index (χ2v) is 8.12. The van der Waals surface area contributed by atoms with E-state index < -0.39 is 18.5 Å². The van der Waals surface area contributed by atoms with Gasteiger partial charge in [0.1, 0.15) is 5.75 Å². The van der Waals surface area contributed by atoms with Crippen molar-refractivity contribution in [2.24, 2.45) is 5.92 Å². The van der Waals surface area contributed by atoms with E-state index in [1.54, 1.807) is 55.3 Å². The van der Waals surface area contributed by atoms with Crippen molar-refractivity contribution in [3.8, 4) is 5.75 Å². The highest BCUT2D eigenvalue weighted by Gasteiger charge is 2.28. The molecule has 0 aliphatic carbocycles. The molecule has 1 N–H and O–H groups in total. The molecule has 1 saturated heterocycles. The average molecular weight is 495 g/mol. The SMILES string of the molecule is CCOC(=O)C1CCN(C(=O)COC(=O)c2ccccc2NC(=O)C=Cc2ccc(OC)cc2)CC1. The number of likely N-dealkylation sites (tertiary alicyclic amines) is 1. The van der Waals surface area contributed by atoms with Gasteiger partial charge in [0.2, 0.25) is 5.91 Å². The number of amides is 2. The number of ether oxygens (including phenoxy) is 3. The predicted molar refractivity (Wildman–Crippen MR) is 133 cm³/mol. The molecule has 2 aromatic rings. The Balaban J connectivity index is 1.52. The maximum atomic E-state index is 12.7. The van der Waals surface area contributed by atoms with E-state index in [-0.39, 0.29) is 29.0 Å². The first kappa shape index (κ1) is 26.5. The van der Waals surface area contributed by atoms with E-state index >= 15 is 0 Å². The smallest absolute Gasteiger partial charge is 0.340 e. The molecule has 0 bridgehead atoms. The number of rotatable bonds is 9. The lowest BCUT2D eigenvalue weighted by Crippen LogP contribution is -2.42. The van der Waals surface area contributed by atoms with Gasteiger partial charge >= 0.3 is 11.9 Å². The molecule has 1 aliphatic heterocycles. The summed E-state index contributed by atoms with van der Waals surface area (Å²) in [6.07, 6.45) is 4.02. The quantitative estimate of drug-likeness (QED) is 0.421. The van der Waals surface area contributed by atoms with E-state index in [0.717, 1.165) is 5.56 Å². The summed E-state index contributed by atoms with van der Waals surface area (Å²) in [5, 5.41) is 2.67. The highest BCUT2D eigenvalue weighted by atomic mass is 16.5. The number of esters is 2. The van der Waals surface area contributed by atoms with Crippen LogP contribution in [0.25, 0.3) is 6.08 Å². The number of hydrogen-bond donors (Lipinski definition) is 1. The molecule has 9 nitrogen and oxygen atoms in total. The highest BCUT2D eigenvalue weighted by molar-refractivity contribution is 6.06. The summed E-state index contributed by atoms with van der Waals surface area (Å²) >= 11 is 0. The maximum absolute atomic E-state index is 12.7. The molecule has 2 aromatic carbocycles. The number of para-hydroxylation sites is 1. The topological polar surface area (TPSA) is 111 Å². The van der Waals surface area contributed by atoms with Crippen LogP contribution in [-0.2, 0) is 23.9 Å². The lowest BCUT2D eigenvalue weighted by atomic mass is 9.97. The van der Waals surface area contributed by atoms with Crippen LogP contribution < -0.4 is 10.1 Å². The third kappa shape index (κ3) is 7.43. The monoisotopic (exact) mass is 494 g/mol. The Morgan fingerprint density at radius 1 is 1.00 bits per heavy atom. The van der Waals surface area contributed by atoms with Crippen LogP contribution in [0.2, 0.25) is 0 Å². The van der Waals surface area contributed by atoms with Crippen molar-refractivity contribution in [1.29, 1.82) is 0 Å². The number of piperidine rings is 1. The van der Waals surface area contributed by atoms with Crippen LogP contribution in [0.3, 0.4) is 0 Å². The van der Waals surface area contributed by atoms with E-state index in [4.69, 9.17) is 14.2 Å².